The maximum absolute atomic E-state index is 12.8. The van der Waals surface area contributed by atoms with Crippen LogP contribution < -0.4 is 10.6 Å². The smallest absolute Gasteiger partial charge is 0.228 e. The Balaban J connectivity index is 1.97. The fraction of sp³-hybridized carbons (Fsp3) is 0.857. The highest BCUT2D eigenvalue weighted by atomic mass is 16.2. The quantitative estimate of drug-likeness (QED) is 0.783. The lowest BCUT2D eigenvalue weighted by Crippen LogP contribution is -2.49. The summed E-state index contributed by atoms with van der Waals surface area (Å²) in [5, 5.41) is 6.24. The van der Waals surface area contributed by atoms with E-state index in [4.69, 9.17) is 0 Å². The third-order valence-corrected chi connectivity index (χ3v) is 4.57. The molecule has 5 nitrogen and oxygen atoms in total. The predicted octanol–water partition coefficient (Wildman–Crippen LogP) is 0.503. The fourth-order valence-corrected chi connectivity index (χ4v) is 3.31. The van der Waals surface area contributed by atoms with Crippen molar-refractivity contribution < 1.29 is 9.59 Å². The van der Waals surface area contributed by atoms with E-state index >= 15 is 0 Å². The number of nitrogens with zero attached hydrogens (tertiary/aromatic N) is 1. The molecule has 0 spiro atoms. The number of piperidine rings is 1. The van der Waals surface area contributed by atoms with E-state index in [1.165, 1.54) is 6.92 Å². The van der Waals surface area contributed by atoms with Gasteiger partial charge in [-0.05, 0) is 38.8 Å². The highest BCUT2D eigenvalue weighted by Crippen LogP contribution is 2.35. The van der Waals surface area contributed by atoms with E-state index in [0.29, 0.717) is 12.5 Å². The number of nitrogens with one attached hydrogen (secondary N) is 2. The predicted molar refractivity (Wildman–Crippen MR) is 73.6 cm³/mol. The topological polar surface area (TPSA) is 61.4 Å². The highest BCUT2D eigenvalue weighted by Gasteiger charge is 2.42. The van der Waals surface area contributed by atoms with E-state index in [1.54, 1.807) is 0 Å². The van der Waals surface area contributed by atoms with Crippen LogP contribution in [-0.4, -0.2) is 48.9 Å². The molecular formula is C14H25N3O2. The summed E-state index contributed by atoms with van der Waals surface area (Å²) in [6.45, 7) is 6.97. The summed E-state index contributed by atoms with van der Waals surface area (Å²) in [5.41, 5.74) is -0.170. The van der Waals surface area contributed by atoms with Crippen molar-refractivity contribution in [2.24, 2.45) is 5.41 Å². The van der Waals surface area contributed by atoms with Crippen molar-refractivity contribution in [3.8, 4) is 0 Å². The van der Waals surface area contributed by atoms with Gasteiger partial charge in [-0.15, -0.1) is 0 Å². The van der Waals surface area contributed by atoms with Crippen molar-refractivity contribution in [3.63, 3.8) is 0 Å². The minimum atomic E-state index is -0.170. The van der Waals surface area contributed by atoms with Gasteiger partial charge in [-0.25, -0.2) is 0 Å². The highest BCUT2D eigenvalue weighted by molar-refractivity contribution is 5.83. The number of rotatable bonds is 3. The van der Waals surface area contributed by atoms with Crippen LogP contribution in [0.15, 0.2) is 0 Å². The van der Waals surface area contributed by atoms with Crippen molar-refractivity contribution in [2.45, 2.75) is 45.6 Å². The number of hydrogen-bond acceptors (Lipinski definition) is 3. The maximum atomic E-state index is 12.8. The zero-order valence-corrected chi connectivity index (χ0v) is 12.0. The van der Waals surface area contributed by atoms with Gasteiger partial charge in [-0.3, -0.25) is 9.59 Å². The first-order chi connectivity index (χ1) is 9.07. The lowest BCUT2D eigenvalue weighted by molar-refractivity contribution is -0.143. The van der Waals surface area contributed by atoms with E-state index in [0.717, 1.165) is 45.3 Å². The van der Waals surface area contributed by atoms with Crippen LogP contribution in [0.4, 0.5) is 0 Å². The Hall–Kier alpha value is -1.10. The van der Waals surface area contributed by atoms with Crippen LogP contribution in [0.25, 0.3) is 0 Å². The fourth-order valence-electron chi connectivity index (χ4n) is 3.31. The van der Waals surface area contributed by atoms with Gasteiger partial charge in [0.2, 0.25) is 11.8 Å². The Morgan fingerprint density at radius 3 is 2.63 bits per heavy atom. The van der Waals surface area contributed by atoms with E-state index in [2.05, 4.69) is 17.6 Å². The summed E-state index contributed by atoms with van der Waals surface area (Å²) >= 11 is 0. The van der Waals surface area contributed by atoms with Crippen LogP contribution in [0.3, 0.4) is 0 Å². The molecule has 0 aliphatic carbocycles. The number of likely N-dealkylation sites (tertiary alicyclic amines) is 1. The van der Waals surface area contributed by atoms with E-state index in [1.807, 2.05) is 4.90 Å². The third kappa shape index (κ3) is 3.08. The molecule has 0 aromatic rings. The van der Waals surface area contributed by atoms with Gasteiger partial charge in [0.25, 0.3) is 0 Å². The second-order valence-electron chi connectivity index (χ2n) is 5.82. The summed E-state index contributed by atoms with van der Waals surface area (Å²) in [5.74, 6) is 0.288. The minimum Gasteiger partial charge on any atom is -0.352 e. The number of carbonyl (C=O) groups excluding carboxylic acids is 2. The molecule has 0 saturated carbocycles. The van der Waals surface area contributed by atoms with Gasteiger partial charge < -0.3 is 15.5 Å². The van der Waals surface area contributed by atoms with Gasteiger partial charge in [-0.2, -0.15) is 0 Å². The second kappa shape index (κ2) is 5.90. The molecule has 2 fully saturated rings. The molecule has 2 N–H and O–H groups in total. The summed E-state index contributed by atoms with van der Waals surface area (Å²) in [7, 11) is 0. The molecule has 1 atom stereocenters. The van der Waals surface area contributed by atoms with E-state index < -0.39 is 0 Å². The molecule has 1 unspecified atom stereocenters. The van der Waals surface area contributed by atoms with Gasteiger partial charge in [0, 0.05) is 26.1 Å². The Kier molecular flexibility index (Phi) is 4.45. The average Bonchev–Trinajstić information content (AvgIpc) is 2.86. The Labute approximate surface area is 115 Å². The first-order valence-corrected chi connectivity index (χ1v) is 7.34. The summed E-state index contributed by atoms with van der Waals surface area (Å²) in [6, 6.07) is 0.136. The molecule has 2 rings (SSSR count). The van der Waals surface area contributed by atoms with Crippen molar-refractivity contribution in [3.05, 3.63) is 0 Å². The molecule has 5 heteroatoms. The molecule has 0 aromatic carbocycles. The minimum absolute atomic E-state index is 0.00799. The standard InChI is InChI=1S/C14H25N3O2/c1-3-14(5-7-15-8-6-14)13(19)17-9-4-12(10-17)16-11(2)18/h12,15H,3-10H2,1-2H3,(H,16,18). The van der Waals surface area contributed by atoms with E-state index in [-0.39, 0.29) is 17.4 Å². The van der Waals surface area contributed by atoms with Crippen molar-refractivity contribution in [1.29, 1.82) is 0 Å². The zero-order valence-electron chi connectivity index (χ0n) is 12.0. The molecule has 0 radical (unpaired) electrons. The van der Waals surface area contributed by atoms with Crippen molar-refractivity contribution in [2.75, 3.05) is 26.2 Å². The molecule has 2 aliphatic rings. The molecule has 0 aromatic heterocycles. The third-order valence-electron chi connectivity index (χ3n) is 4.57. The first kappa shape index (κ1) is 14.3. The Morgan fingerprint density at radius 2 is 2.05 bits per heavy atom. The van der Waals surface area contributed by atoms with Crippen LogP contribution in [0, 0.1) is 5.41 Å². The van der Waals surface area contributed by atoms with Gasteiger partial charge in [0.05, 0.1) is 5.41 Å². The summed E-state index contributed by atoms with van der Waals surface area (Å²) in [4.78, 5) is 25.8. The summed E-state index contributed by atoms with van der Waals surface area (Å²) in [6.07, 6.45) is 3.66. The molecule has 0 bridgehead atoms. The molecule has 2 saturated heterocycles. The number of amides is 2. The first-order valence-electron chi connectivity index (χ1n) is 7.34. The Bertz CT molecular complexity index is 351. The van der Waals surface area contributed by atoms with Crippen LogP contribution in [0.5, 0.6) is 0 Å². The number of hydrogen-bond donors (Lipinski definition) is 2. The van der Waals surface area contributed by atoms with Crippen LogP contribution in [0.1, 0.15) is 39.5 Å². The van der Waals surface area contributed by atoms with Gasteiger partial charge in [0.15, 0.2) is 0 Å². The van der Waals surface area contributed by atoms with Gasteiger partial charge in [0.1, 0.15) is 0 Å². The molecule has 2 heterocycles. The van der Waals surface area contributed by atoms with Crippen LogP contribution in [0.2, 0.25) is 0 Å². The number of carbonyl (C=O) groups is 2. The van der Waals surface area contributed by atoms with Crippen molar-refractivity contribution in [1.82, 2.24) is 15.5 Å². The SMILES string of the molecule is CCC1(C(=O)N2CCC(NC(C)=O)C2)CCNCC1. The second-order valence-corrected chi connectivity index (χ2v) is 5.82. The van der Waals surface area contributed by atoms with Crippen molar-refractivity contribution >= 4 is 11.8 Å². The molecule has 19 heavy (non-hydrogen) atoms. The molecular weight excluding hydrogens is 242 g/mol. The summed E-state index contributed by atoms with van der Waals surface area (Å²) < 4.78 is 0. The molecule has 108 valence electrons. The van der Waals surface area contributed by atoms with E-state index in [9.17, 15) is 9.59 Å². The lowest BCUT2D eigenvalue weighted by atomic mass is 9.75. The Morgan fingerprint density at radius 1 is 1.37 bits per heavy atom. The lowest BCUT2D eigenvalue weighted by Gasteiger charge is -2.38. The maximum Gasteiger partial charge on any atom is 0.228 e. The van der Waals surface area contributed by atoms with Crippen LogP contribution in [-0.2, 0) is 9.59 Å². The average molecular weight is 267 g/mol. The van der Waals surface area contributed by atoms with Crippen LogP contribution >= 0.6 is 0 Å². The molecule has 2 aliphatic heterocycles. The molecule has 2 amide bonds. The zero-order chi connectivity index (χ0) is 13.9. The van der Waals surface area contributed by atoms with Gasteiger partial charge >= 0.3 is 0 Å². The monoisotopic (exact) mass is 267 g/mol. The normalized spacial score (nSPS) is 26.2. The van der Waals surface area contributed by atoms with Gasteiger partial charge in [-0.1, -0.05) is 6.92 Å². The largest absolute Gasteiger partial charge is 0.352 e.